The van der Waals surface area contributed by atoms with Gasteiger partial charge in [0, 0.05) is 16.2 Å². The molecule has 0 aliphatic rings. The summed E-state index contributed by atoms with van der Waals surface area (Å²) >= 11 is 3.32. The van der Waals surface area contributed by atoms with Crippen molar-refractivity contribution < 1.29 is 8.53 Å². The second-order valence-electron chi connectivity index (χ2n) is 4.16. The molecular weight excluding hydrogens is 288 g/mol. The highest BCUT2D eigenvalue weighted by molar-refractivity contribution is 9.10. The Morgan fingerprint density at radius 2 is 1.78 bits per heavy atom. The molecule has 0 amide bonds. The molecule has 0 radical (unpaired) electrons. The molecular formula is C16H9BrO. The summed E-state index contributed by atoms with van der Waals surface area (Å²) in [6.45, 7) is 0. The van der Waals surface area contributed by atoms with Gasteiger partial charge in [-0.05, 0) is 33.4 Å². The van der Waals surface area contributed by atoms with Crippen molar-refractivity contribution in [3.63, 3.8) is 0 Å². The number of hydrogen-bond acceptors (Lipinski definition) is 1. The van der Waals surface area contributed by atoms with Crippen LogP contribution in [0.15, 0.2) is 63.4 Å². The zero-order chi connectivity index (χ0) is 14.7. The fraction of sp³-hybridized carbons (Fsp3) is 0. The van der Waals surface area contributed by atoms with E-state index in [2.05, 4.69) is 15.9 Å². The van der Waals surface area contributed by atoms with Crippen molar-refractivity contribution in [2.45, 2.75) is 0 Å². The van der Waals surface area contributed by atoms with E-state index < -0.39 is 0 Å². The molecule has 18 heavy (non-hydrogen) atoms. The molecule has 4 aromatic rings. The fourth-order valence-corrected chi connectivity index (χ4v) is 2.69. The molecule has 86 valence electrons. The Morgan fingerprint density at radius 3 is 2.72 bits per heavy atom. The van der Waals surface area contributed by atoms with E-state index in [1.54, 1.807) is 0 Å². The largest absolute Gasteiger partial charge is 0.454 e. The average Bonchev–Trinajstić information content (AvgIpc) is 2.91. The predicted octanol–water partition coefficient (Wildman–Crippen LogP) is 5.50. The number of rotatable bonds is 0. The first-order chi connectivity index (χ1) is 10.1. The third-order valence-electron chi connectivity index (χ3n) is 3.14. The summed E-state index contributed by atoms with van der Waals surface area (Å²) in [5.41, 5.74) is 1.16. The van der Waals surface area contributed by atoms with Crippen LogP contribution in [0.25, 0.3) is 32.7 Å². The van der Waals surface area contributed by atoms with Gasteiger partial charge in [0.15, 0.2) is 0 Å². The molecule has 1 heterocycles. The van der Waals surface area contributed by atoms with Crippen molar-refractivity contribution in [1.29, 1.82) is 0 Å². The molecule has 1 nitrogen and oxygen atoms in total. The minimum absolute atomic E-state index is 0.0177. The summed E-state index contributed by atoms with van der Waals surface area (Å²) in [5, 5.41) is 3.42. The van der Waals surface area contributed by atoms with Crippen LogP contribution < -0.4 is 0 Å². The third kappa shape index (κ3) is 1.27. The number of halogens is 1. The molecule has 0 aliphatic heterocycles. The van der Waals surface area contributed by atoms with E-state index in [-0.39, 0.29) is 18.1 Å². The first-order valence-electron chi connectivity index (χ1n) is 7.09. The molecule has 0 bridgehead atoms. The summed E-state index contributed by atoms with van der Waals surface area (Å²) in [5.74, 6) is 0. The Morgan fingerprint density at radius 1 is 0.889 bits per heavy atom. The van der Waals surface area contributed by atoms with Gasteiger partial charge in [0.1, 0.15) is 11.2 Å². The summed E-state index contributed by atoms with van der Waals surface area (Å²) < 4.78 is 30.3. The molecule has 0 fully saturated rings. The molecule has 0 aliphatic carbocycles. The molecule has 0 saturated carbocycles. The molecule has 0 unspecified atom stereocenters. The number of hydrogen-bond donors (Lipinski definition) is 0. The van der Waals surface area contributed by atoms with Crippen LogP contribution in [-0.2, 0) is 0 Å². The van der Waals surface area contributed by atoms with Crippen molar-refractivity contribution in [1.82, 2.24) is 0 Å². The standard InChI is InChI=1S/C16H9BrO/c17-14-7-3-6-12-13-9-8-10-4-1-2-5-11(10)15(13)18-16(12)14/h1-9H/i3D,6D,7D. The first-order valence-corrected chi connectivity index (χ1v) is 6.38. The quantitative estimate of drug-likeness (QED) is 0.418. The van der Waals surface area contributed by atoms with Crippen LogP contribution in [0.4, 0.5) is 0 Å². The summed E-state index contributed by atoms with van der Waals surface area (Å²) in [7, 11) is 0. The summed E-state index contributed by atoms with van der Waals surface area (Å²) in [4.78, 5) is 0. The summed E-state index contributed by atoms with van der Waals surface area (Å²) in [6, 6.07) is 11.7. The van der Waals surface area contributed by atoms with E-state index in [9.17, 15) is 0 Å². The zero-order valence-electron chi connectivity index (χ0n) is 12.3. The predicted molar refractivity (Wildman–Crippen MR) is 78.9 cm³/mol. The van der Waals surface area contributed by atoms with Crippen LogP contribution in [0.3, 0.4) is 0 Å². The number of benzene rings is 3. The monoisotopic (exact) mass is 299 g/mol. The number of furan rings is 1. The zero-order valence-corrected chi connectivity index (χ0v) is 10.8. The molecule has 0 saturated heterocycles. The van der Waals surface area contributed by atoms with Gasteiger partial charge >= 0.3 is 0 Å². The van der Waals surface area contributed by atoms with Gasteiger partial charge in [-0.2, -0.15) is 0 Å². The lowest BCUT2D eigenvalue weighted by Crippen LogP contribution is -1.72. The van der Waals surface area contributed by atoms with E-state index in [0.29, 0.717) is 21.0 Å². The van der Waals surface area contributed by atoms with Crippen LogP contribution in [0, 0.1) is 0 Å². The van der Waals surface area contributed by atoms with Gasteiger partial charge in [-0.1, -0.05) is 42.4 Å². The Labute approximate surface area is 116 Å². The van der Waals surface area contributed by atoms with Crippen LogP contribution in [0.2, 0.25) is 0 Å². The minimum atomic E-state index is -0.0924. The Hall–Kier alpha value is -1.80. The maximum atomic E-state index is 8.14. The van der Waals surface area contributed by atoms with Gasteiger partial charge in [-0.25, -0.2) is 0 Å². The second kappa shape index (κ2) is 3.59. The molecule has 4 rings (SSSR count). The third-order valence-corrected chi connectivity index (χ3v) is 3.70. The van der Waals surface area contributed by atoms with Gasteiger partial charge in [0.05, 0.1) is 8.58 Å². The highest BCUT2D eigenvalue weighted by Gasteiger charge is 2.11. The van der Waals surface area contributed by atoms with Gasteiger partial charge in [-0.15, -0.1) is 0 Å². The van der Waals surface area contributed by atoms with Crippen molar-refractivity contribution in [3.05, 3.63) is 59.0 Å². The van der Waals surface area contributed by atoms with Crippen molar-refractivity contribution in [3.8, 4) is 0 Å². The first kappa shape index (κ1) is 7.59. The van der Waals surface area contributed by atoms with Gasteiger partial charge in [-0.3, -0.25) is 0 Å². The average molecular weight is 300 g/mol. The molecule has 1 aromatic heterocycles. The van der Waals surface area contributed by atoms with Gasteiger partial charge < -0.3 is 4.42 Å². The van der Waals surface area contributed by atoms with Gasteiger partial charge in [0.25, 0.3) is 0 Å². The smallest absolute Gasteiger partial charge is 0.149 e. The van der Waals surface area contributed by atoms with E-state index in [0.717, 1.165) is 16.2 Å². The van der Waals surface area contributed by atoms with Crippen molar-refractivity contribution in [2.75, 3.05) is 0 Å². The molecule has 2 heteroatoms. The summed E-state index contributed by atoms with van der Waals surface area (Å²) in [6.07, 6.45) is 0. The lowest BCUT2D eigenvalue weighted by molar-refractivity contribution is 0.670. The van der Waals surface area contributed by atoms with Crippen LogP contribution in [0.5, 0.6) is 0 Å². The number of fused-ring (bicyclic) bond motifs is 5. The van der Waals surface area contributed by atoms with E-state index in [1.807, 2.05) is 36.4 Å². The van der Waals surface area contributed by atoms with E-state index in [4.69, 9.17) is 8.53 Å². The van der Waals surface area contributed by atoms with Crippen LogP contribution >= 0.6 is 15.9 Å². The van der Waals surface area contributed by atoms with Crippen molar-refractivity contribution in [2.24, 2.45) is 0 Å². The highest BCUT2D eigenvalue weighted by Crippen LogP contribution is 2.36. The van der Waals surface area contributed by atoms with E-state index in [1.165, 1.54) is 0 Å². The minimum Gasteiger partial charge on any atom is -0.454 e. The second-order valence-corrected chi connectivity index (χ2v) is 4.95. The SMILES string of the molecule is [2H]c1c([2H])c([2H])c2c(oc3c4ccccc4ccc32)c1Br. The van der Waals surface area contributed by atoms with Gasteiger partial charge in [0.2, 0.25) is 0 Å². The fourth-order valence-electron chi connectivity index (χ4n) is 2.31. The number of para-hydroxylation sites is 1. The Kier molecular flexibility index (Phi) is 1.52. The lowest BCUT2D eigenvalue weighted by atomic mass is 10.1. The lowest BCUT2D eigenvalue weighted by Gasteiger charge is -1.97. The normalized spacial score (nSPS) is 13.9. The molecule has 3 aromatic carbocycles. The maximum Gasteiger partial charge on any atom is 0.149 e. The molecule has 0 atom stereocenters. The Bertz CT molecular complexity index is 1040. The molecule has 0 spiro atoms. The van der Waals surface area contributed by atoms with E-state index >= 15 is 0 Å². The topological polar surface area (TPSA) is 13.1 Å². The van der Waals surface area contributed by atoms with Crippen LogP contribution in [-0.4, -0.2) is 0 Å². The highest BCUT2D eigenvalue weighted by atomic mass is 79.9. The Balaban J connectivity index is 2.34. The van der Waals surface area contributed by atoms with Crippen LogP contribution in [0.1, 0.15) is 4.11 Å². The maximum absolute atomic E-state index is 8.14. The van der Waals surface area contributed by atoms with Crippen molar-refractivity contribution >= 4 is 48.6 Å². The molecule has 0 N–H and O–H groups in total.